The van der Waals surface area contributed by atoms with Gasteiger partial charge >= 0.3 is 0 Å². The minimum absolute atomic E-state index is 0.751. The quantitative estimate of drug-likeness (QED) is 0.502. The highest BCUT2D eigenvalue weighted by Crippen LogP contribution is 2.10. The second kappa shape index (κ2) is 3.73. The summed E-state index contributed by atoms with van der Waals surface area (Å²) in [4.78, 5) is 0. The third kappa shape index (κ3) is 2.39. The molecule has 0 amide bonds. The van der Waals surface area contributed by atoms with Gasteiger partial charge < -0.3 is 5.32 Å². The van der Waals surface area contributed by atoms with E-state index < -0.39 is 0 Å². The maximum atomic E-state index is 3.36. The Morgan fingerprint density at radius 1 is 1.56 bits per heavy atom. The molecular formula is C6H13IN2. The van der Waals surface area contributed by atoms with Gasteiger partial charge in [-0.1, -0.05) is 0 Å². The van der Waals surface area contributed by atoms with Gasteiger partial charge in [0.1, 0.15) is 0 Å². The molecule has 9 heavy (non-hydrogen) atoms. The molecule has 1 saturated heterocycles. The Labute approximate surface area is 70.5 Å². The Morgan fingerprint density at radius 3 is 3.11 bits per heavy atom. The van der Waals surface area contributed by atoms with Gasteiger partial charge in [-0.3, -0.25) is 0 Å². The first-order chi connectivity index (χ1) is 4.30. The van der Waals surface area contributed by atoms with E-state index >= 15 is 0 Å². The summed E-state index contributed by atoms with van der Waals surface area (Å²) in [5.74, 6) is 0. The second-order valence-corrected chi connectivity index (χ2v) is 3.75. The van der Waals surface area contributed by atoms with Crippen molar-refractivity contribution >= 4 is 22.9 Å². The van der Waals surface area contributed by atoms with Crippen LogP contribution in [0.2, 0.25) is 0 Å². The van der Waals surface area contributed by atoms with Gasteiger partial charge in [-0.2, -0.15) is 0 Å². The molecule has 54 valence electrons. The van der Waals surface area contributed by atoms with Crippen LogP contribution in [-0.4, -0.2) is 28.8 Å². The summed E-state index contributed by atoms with van der Waals surface area (Å²) in [5.41, 5.74) is 0. The molecule has 1 aliphatic heterocycles. The van der Waals surface area contributed by atoms with E-state index in [-0.39, 0.29) is 0 Å². The third-order valence-electron chi connectivity index (χ3n) is 1.72. The summed E-state index contributed by atoms with van der Waals surface area (Å²) < 4.78 is 2.37. The van der Waals surface area contributed by atoms with Gasteiger partial charge in [0.15, 0.2) is 0 Å². The lowest BCUT2D eigenvalue weighted by Gasteiger charge is -2.17. The first-order valence-corrected chi connectivity index (χ1v) is 4.40. The number of halogens is 1. The van der Waals surface area contributed by atoms with Gasteiger partial charge in [-0.25, -0.2) is 3.11 Å². The zero-order valence-electron chi connectivity index (χ0n) is 5.73. The Kier molecular flexibility index (Phi) is 3.21. The molecule has 1 fully saturated rings. The molecule has 0 spiro atoms. The van der Waals surface area contributed by atoms with Gasteiger partial charge in [0.2, 0.25) is 0 Å². The van der Waals surface area contributed by atoms with Crippen LogP contribution in [0.15, 0.2) is 0 Å². The van der Waals surface area contributed by atoms with Gasteiger partial charge in [0.25, 0.3) is 0 Å². The zero-order chi connectivity index (χ0) is 6.69. The third-order valence-corrected chi connectivity index (χ3v) is 3.15. The van der Waals surface area contributed by atoms with Crippen molar-refractivity contribution in [3.05, 3.63) is 0 Å². The number of hydrogen-bond acceptors (Lipinski definition) is 2. The fraction of sp³-hybridized carbons (Fsp3) is 1.00. The molecule has 0 aromatic heterocycles. The van der Waals surface area contributed by atoms with Crippen LogP contribution in [0.5, 0.6) is 0 Å². The first kappa shape index (κ1) is 7.75. The van der Waals surface area contributed by atoms with Crippen molar-refractivity contribution in [2.45, 2.75) is 19.4 Å². The van der Waals surface area contributed by atoms with Crippen LogP contribution >= 0.6 is 22.9 Å². The van der Waals surface area contributed by atoms with Crippen LogP contribution in [-0.2, 0) is 0 Å². The fourth-order valence-corrected chi connectivity index (χ4v) is 1.50. The molecule has 1 atom stereocenters. The van der Waals surface area contributed by atoms with Crippen LogP contribution in [0.1, 0.15) is 13.3 Å². The summed E-state index contributed by atoms with van der Waals surface area (Å²) in [6, 6.07) is 0.751. The lowest BCUT2D eigenvalue weighted by atomic mass is 10.2. The van der Waals surface area contributed by atoms with Gasteiger partial charge in [-0.15, -0.1) is 0 Å². The molecule has 0 aromatic rings. The molecule has 0 aliphatic carbocycles. The second-order valence-electron chi connectivity index (χ2n) is 2.51. The molecule has 1 aliphatic rings. The summed E-state index contributed by atoms with van der Waals surface area (Å²) in [5, 5.41) is 3.36. The van der Waals surface area contributed by atoms with Crippen molar-refractivity contribution in [2.75, 3.05) is 19.6 Å². The highest BCUT2D eigenvalue weighted by Gasteiger charge is 2.12. The average molecular weight is 240 g/mol. The van der Waals surface area contributed by atoms with Crippen LogP contribution in [0.4, 0.5) is 0 Å². The molecule has 0 saturated carbocycles. The number of rotatable bonds is 0. The smallest absolute Gasteiger partial charge is 0.0209 e. The van der Waals surface area contributed by atoms with E-state index in [1.807, 2.05) is 0 Å². The molecule has 1 N–H and O–H groups in total. The summed E-state index contributed by atoms with van der Waals surface area (Å²) in [6.45, 7) is 5.79. The van der Waals surface area contributed by atoms with Gasteiger partial charge in [0.05, 0.1) is 0 Å². The molecule has 0 aromatic carbocycles. The van der Waals surface area contributed by atoms with Crippen molar-refractivity contribution < 1.29 is 0 Å². The van der Waals surface area contributed by atoms with E-state index in [0.717, 1.165) is 12.6 Å². The van der Waals surface area contributed by atoms with Crippen LogP contribution in [0.25, 0.3) is 0 Å². The number of nitrogens with one attached hydrogen (secondary N) is 1. The summed E-state index contributed by atoms with van der Waals surface area (Å²) in [6.07, 6.45) is 1.28. The Hall–Kier alpha value is 0.650. The number of nitrogens with zero attached hydrogens (tertiary/aromatic N) is 1. The highest BCUT2D eigenvalue weighted by atomic mass is 127. The maximum Gasteiger partial charge on any atom is 0.0209 e. The van der Waals surface area contributed by atoms with E-state index in [4.69, 9.17) is 0 Å². The zero-order valence-corrected chi connectivity index (χ0v) is 7.89. The van der Waals surface area contributed by atoms with Gasteiger partial charge in [0, 0.05) is 42.0 Å². The van der Waals surface area contributed by atoms with Crippen molar-refractivity contribution in [1.82, 2.24) is 8.43 Å². The SMILES string of the molecule is CC1CCNCCN1I. The lowest BCUT2D eigenvalue weighted by molar-refractivity contribution is 0.423. The minimum atomic E-state index is 0.751. The Balaban J connectivity index is 2.32. The molecule has 1 unspecified atom stereocenters. The first-order valence-electron chi connectivity index (χ1n) is 3.44. The summed E-state index contributed by atoms with van der Waals surface area (Å²) >= 11 is 2.40. The fourth-order valence-electron chi connectivity index (χ4n) is 0.982. The lowest BCUT2D eigenvalue weighted by Crippen LogP contribution is -2.24. The normalized spacial score (nSPS) is 32.0. The van der Waals surface area contributed by atoms with Crippen molar-refractivity contribution in [3.8, 4) is 0 Å². The Bertz CT molecular complexity index is 77.1. The Morgan fingerprint density at radius 2 is 2.33 bits per heavy atom. The predicted octanol–water partition coefficient (Wildman–Crippen LogP) is 1.02. The minimum Gasteiger partial charge on any atom is -0.315 e. The monoisotopic (exact) mass is 240 g/mol. The largest absolute Gasteiger partial charge is 0.315 e. The topological polar surface area (TPSA) is 15.3 Å². The average Bonchev–Trinajstić information content (AvgIpc) is 1.99. The van der Waals surface area contributed by atoms with E-state index in [2.05, 4.69) is 38.2 Å². The highest BCUT2D eigenvalue weighted by molar-refractivity contribution is 14.1. The molecular weight excluding hydrogens is 227 g/mol. The molecule has 3 heteroatoms. The van der Waals surface area contributed by atoms with E-state index in [1.54, 1.807) is 0 Å². The molecule has 2 nitrogen and oxygen atoms in total. The van der Waals surface area contributed by atoms with Crippen LogP contribution in [0, 0.1) is 0 Å². The van der Waals surface area contributed by atoms with Crippen LogP contribution < -0.4 is 5.32 Å². The summed E-state index contributed by atoms with van der Waals surface area (Å²) in [7, 11) is 0. The van der Waals surface area contributed by atoms with Crippen molar-refractivity contribution in [1.29, 1.82) is 0 Å². The molecule has 1 heterocycles. The number of hydrogen-bond donors (Lipinski definition) is 1. The van der Waals surface area contributed by atoms with Gasteiger partial charge in [-0.05, 0) is 19.9 Å². The van der Waals surface area contributed by atoms with E-state index in [9.17, 15) is 0 Å². The maximum absolute atomic E-state index is 3.36. The molecule has 1 rings (SSSR count). The standard InChI is InChI=1S/C6H13IN2/c1-6-2-3-8-4-5-9(6)7/h6,8H,2-5H2,1H3. The van der Waals surface area contributed by atoms with Crippen molar-refractivity contribution in [2.24, 2.45) is 0 Å². The molecule has 0 bridgehead atoms. The van der Waals surface area contributed by atoms with Crippen molar-refractivity contribution in [3.63, 3.8) is 0 Å². The molecule has 0 radical (unpaired) electrons. The van der Waals surface area contributed by atoms with E-state index in [0.29, 0.717) is 0 Å². The van der Waals surface area contributed by atoms with E-state index in [1.165, 1.54) is 19.5 Å². The predicted molar refractivity (Wildman–Crippen MR) is 47.7 cm³/mol. The van der Waals surface area contributed by atoms with Crippen LogP contribution in [0.3, 0.4) is 0 Å².